The first kappa shape index (κ1) is 18.0. The van der Waals surface area contributed by atoms with E-state index in [4.69, 9.17) is 0 Å². The third-order valence-electron chi connectivity index (χ3n) is 6.24. The van der Waals surface area contributed by atoms with Crippen molar-refractivity contribution in [3.8, 4) is 0 Å². The second kappa shape index (κ2) is 7.19. The van der Waals surface area contributed by atoms with Crippen LogP contribution in [0, 0.1) is 31.6 Å². The summed E-state index contributed by atoms with van der Waals surface area (Å²) in [7, 11) is 0. The molecule has 4 atom stereocenters. The van der Waals surface area contributed by atoms with Crippen LogP contribution in [0.25, 0.3) is 0 Å². The molecule has 25 heavy (non-hydrogen) atoms. The maximum Gasteiger partial charge on any atom is 0.229 e. The van der Waals surface area contributed by atoms with E-state index < -0.39 is 0 Å². The van der Waals surface area contributed by atoms with E-state index in [1.165, 1.54) is 12.8 Å². The molecule has 0 unspecified atom stereocenters. The van der Waals surface area contributed by atoms with Gasteiger partial charge in [0.2, 0.25) is 11.8 Å². The minimum Gasteiger partial charge on any atom is -0.339 e. The molecule has 136 valence electrons. The molecular weight excluding hydrogens is 312 g/mol. The standard InChI is InChI=1S/C21H30N2O2/c1-13-8-9-15(3)18(10-13)22-21(25)17-11-20(24)23(12-17)19-7-5-6-14(2)16(19)4/h8-10,14,16-17,19H,5-7,11-12H2,1-4H3,(H,22,25)/t14-,16-,17+,19+/m0/s1. The predicted octanol–water partition coefficient (Wildman–Crippen LogP) is 3.92. The van der Waals surface area contributed by atoms with Crippen LogP contribution in [0.15, 0.2) is 18.2 Å². The van der Waals surface area contributed by atoms with Crippen molar-refractivity contribution in [1.82, 2.24) is 4.90 Å². The van der Waals surface area contributed by atoms with E-state index in [1.807, 2.05) is 36.9 Å². The molecule has 1 aliphatic carbocycles. The van der Waals surface area contributed by atoms with Gasteiger partial charge in [-0.15, -0.1) is 0 Å². The summed E-state index contributed by atoms with van der Waals surface area (Å²) in [6, 6.07) is 6.35. The molecule has 2 aliphatic rings. The zero-order valence-corrected chi connectivity index (χ0v) is 15.8. The second-order valence-corrected chi connectivity index (χ2v) is 8.09. The van der Waals surface area contributed by atoms with Crippen molar-refractivity contribution in [2.45, 2.75) is 59.4 Å². The number of nitrogens with zero attached hydrogens (tertiary/aromatic N) is 1. The Morgan fingerprint density at radius 1 is 1.20 bits per heavy atom. The second-order valence-electron chi connectivity index (χ2n) is 8.09. The largest absolute Gasteiger partial charge is 0.339 e. The van der Waals surface area contributed by atoms with Crippen molar-refractivity contribution < 1.29 is 9.59 Å². The van der Waals surface area contributed by atoms with Crippen LogP contribution in [-0.2, 0) is 9.59 Å². The first-order valence-corrected chi connectivity index (χ1v) is 9.54. The average molecular weight is 342 g/mol. The summed E-state index contributed by atoms with van der Waals surface area (Å²) >= 11 is 0. The topological polar surface area (TPSA) is 49.4 Å². The van der Waals surface area contributed by atoms with Gasteiger partial charge in [-0.05, 0) is 49.3 Å². The highest BCUT2D eigenvalue weighted by molar-refractivity contribution is 5.97. The molecule has 0 radical (unpaired) electrons. The minimum atomic E-state index is -0.239. The Hall–Kier alpha value is -1.84. The molecule has 2 amide bonds. The summed E-state index contributed by atoms with van der Waals surface area (Å²) in [6.07, 6.45) is 3.84. The molecule has 1 aromatic rings. The number of rotatable bonds is 3. The van der Waals surface area contributed by atoms with Gasteiger partial charge >= 0.3 is 0 Å². The minimum absolute atomic E-state index is 0.0268. The van der Waals surface area contributed by atoms with Crippen molar-refractivity contribution >= 4 is 17.5 Å². The number of anilines is 1. The van der Waals surface area contributed by atoms with Crippen LogP contribution < -0.4 is 5.32 Å². The van der Waals surface area contributed by atoms with Gasteiger partial charge in [0.1, 0.15) is 0 Å². The summed E-state index contributed by atoms with van der Waals surface area (Å²) in [5, 5.41) is 3.04. The molecular formula is C21H30N2O2. The number of amides is 2. The lowest BCUT2D eigenvalue weighted by molar-refractivity contribution is -0.131. The van der Waals surface area contributed by atoms with Crippen LogP contribution >= 0.6 is 0 Å². The number of nitrogens with one attached hydrogen (secondary N) is 1. The third-order valence-corrected chi connectivity index (χ3v) is 6.24. The lowest BCUT2D eigenvalue weighted by atomic mass is 9.77. The number of carbonyl (C=O) groups is 2. The number of hydrogen-bond acceptors (Lipinski definition) is 2. The molecule has 4 heteroatoms. The quantitative estimate of drug-likeness (QED) is 0.905. The normalized spacial score (nSPS) is 29.8. The van der Waals surface area contributed by atoms with Gasteiger partial charge in [-0.3, -0.25) is 9.59 Å². The molecule has 1 aromatic carbocycles. The number of hydrogen-bond donors (Lipinski definition) is 1. The Bertz CT molecular complexity index is 670. The molecule has 2 fully saturated rings. The Kier molecular flexibility index (Phi) is 5.16. The van der Waals surface area contributed by atoms with E-state index in [-0.39, 0.29) is 17.7 Å². The van der Waals surface area contributed by atoms with Crippen molar-refractivity contribution in [3.63, 3.8) is 0 Å². The molecule has 0 bridgehead atoms. The average Bonchev–Trinajstić information content (AvgIpc) is 2.95. The van der Waals surface area contributed by atoms with Crippen molar-refractivity contribution in [2.75, 3.05) is 11.9 Å². The summed E-state index contributed by atoms with van der Waals surface area (Å²) in [6.45, 7) is 9.11. The van der Waals surface area contributed by atoms with Crippen LogP contribution in [0.2, 0.25) is 0 Å². The van der Waals surface area contributed by atoms with Gasteiger partial charge in [-0.2, -0.15) is 0 Å². The Morgan fingerprint density at radius 2 is 1.96 bits per heavy atom. The van der Waals surface area contributed by atoms with Crippen LogP contribution in [0.4, 0.5) is 5.69 Å². The van der Waals surface area contributed by atoms with Gasteiger partial charge in [-0.25, -0.2) is 0 Å². The Balaban J connectivity index is 1.67. The fraction of sp³-hybridized carbons (Fsp3) is 0.619. The maximum absolute atomic E-state index is 12.7. The van der Waals surface area contributed by atoms with E-state index in [1.54, 1.807) is 0 Å². The van der Waals surface area contributed by atoms with Crippen LogP contribution in [0.5, 0.6) is 0 Å². The molecule has 0 aromatic heterocycles. The Morgan fingerprint density at radius 3 is 2.72 bits per heavy atom. The first-order valence-electron chi connectivity index (χ1n) is 9.54. The van der Waals surface area contributed by atoms with Gasteiger partial charge in [0.25, 0.3) is 0 Å². The molecule has 1 saturated carbocycles. The molecule has 1 saturated heterocycles. The van der Waals surface area contributed by atoms with E-state index >= 15 is 0 Å². The molecule has 1 N–H and O–H groups in total. The highest BCUT2D eigenvalue weighted by Gasteiger charge is 2.41. The van der Waals surface area contributed by atoms with Crippen molar-refractivity contribution in [1.29, 1.82) is 0 Å². The summed E-state index contributed by atoms with van der Waals surface area (Å²) in [5.74, 6) is 1.04. The van der Waals surface area contributed by atoms with E-state index in [2.05, 4.69) is 19.2 Å². The first-order chi connectivity index (χ1) is 11.9. The highest BCUT2D eigenvalue weighted by Crippen LogP contribution is 2.36. The smallest absolute Gasteiger partial charge is 0.229 e. The Labute approximate surface area is 151 Å². The molecule has 0 spiro atoms. The van der Waals surface area contributed by atoms with E-state index in [0.29, 0.717) is 30.8 Å². The van der Waals surface area contributed by atoms with Crippen LogP contribution in [0.3, 0.4) is 0 Å². The SMILES string of the molecule is Cc1ccc(C)c(NC(=O)[C@@H]2CC(=O)N([C@@H]3CCC[C@H](C)[C@@H]3C)C2)c1. The monoisotopic (exact) mass is 342 g/mol. The maximum atomic E-state index is 12.7. The molecule has 1 heterocycles. The summed E-state index contributed by atoms with van der Waals surface area (Å²) < 4.78 is 0. The summed E-state index contributed by atoms with van der Waals surface area (Å²) in [5.41, 5.74) is 3.03. The van der Waals surface area contributed by atoms with Crippen molar-refractivity contribution in [3.05, 3.63) is 29.3 Å². The van der Waals surface area contributed by atoms with Gasteiger partial charge in [0.05, 0.1) is 5.92 Å². The van der Waals surface area contributed by atoms with Gasteiger partial charge in [-0.1, -0.05) is 38.8 Å². The summed E-state index contributed by atoms with van der Waals surface area (Å²) in [4.78, 5) is 27.3. The fourth-order valence-corrected chi connectivity index (χ4v) is 4.33. The fourth-order valence-electron chi connectivity index (χ4n) is 4.33. The zero-order valence-electron chi connectivity index (χ0n) is 15.8. The van der Waals surface area contributed by atoms with Crippen molar-refractivity contribution in [2.24, 2.45) is 17.8 Å². The number of carbonyl (C=O) groups excluding carboxylic acids is 2. The van der Waals surface area contributed by atoms with E-state index in [0.717, 1.165) is 23.2 Å². The zero-order chi connectivity index (χ0) is 18.1. The highest BCUT2D eigenvalue weighted by atomic mass is 16.2. The molecule has 1 aliphatic heterocycles. The van der Waals surface area contributed by atoms with Crippen LogP contribution in [0.1, 0.15) is 50.7 Å². The van der Waals surface area contributed by atoms with Gasteiger partial charge < -0.3 is 10.2 Å². The number of likely N-dealkylation sites (tertiary alicyclic amines) is 1. The van der Waals surface area contributed by atoms with E-state index in [9.17, 15) is 9.59 Å². The van der Waals surface area contributed by atoms with Crippen LogP contribution in [-0.4, -0.2) is 29.3 Å². The van der Waals surface area contributed by atoms with Gasteiger partial charge in [0.15, 0.2) is 0 Å². The third kappa shape index (κ3) is 3.73. The molecule has 3 rings (SSSR count). The van der Waals surface area contributed by atoms with Gasteiger partial charge in [0, 0.05) is 24.7 Å². The predicted molar refractivity (Wildman–Crippen MR) is 100 cm³/mol. The lowest BCUT2D eigenvalue weighted by Crippen LogP contribution is -2.45. The lowest BCUT2D eigenvalue weighted by Gasteiger charge is -2.40. The number of benzene rings is 1. The molecule has 4 nitrogen and oxygen atoms in total. The number of aryl methyl sites for hydroxylation is 2.